The number of aliphatic hydroxyl groups is 2. The van der Waals surface area contributed by atoms with E-state index in [2.05, 4.69) is 0 Å². The number of halogens is 6. The van der Waals surface area contributed by atoms with Crippen LogP contribution in [0.4, 0.5) is 26.3 Å². The molecular formula is C20H18F6O4. The third kappa shape index (κ3) is 4.81. The Morgan fingerprint density at radius 1 is 0.800 bits per heavy atom. The fourth-order valence-corrected chi connectivity index (χ4v) is 3.28. The van der Waals surface area contributed by atoms with Gasteiger partial charge < -0.3 is 19.7 Å². The van der Waals surface area contributed by atoms with E-state index in [-0.39, 0.29) is 36.7 Å². The third-order valence-corrected chi connectivity index (χ3v) is 4.71. The standard InChI is InChI=1S/2C10H9F3O2/c11-10(12,13)7-2-1-6-3-8(5-14)15-9(6)4-7;11-10(12,13)8-2-1-3-9-7(8)4-6(5-14)15-9/h1-2,4,8,14H,3,5H2;1-3,6,14H,4-5H2. The first kappa shape index (κ1) is 22.2. The summed E-state index contributed by atoms with van der Waals surface area (Å²) in [5.41, 5.74) is -0.540. The van der Waals surface area contributed by atoms with Crippen molar-refractivity contribution in [3.63, 3.8) is 0 Å². The minimum absolute atomic E-state index is 0.113. The van der Waals surface area contributed by atoms with Crippen molar-refractivity contribution in [2.45, 2.75) is 37.4 Å². The van der Waals surface area contributed by atoms with Crippen LogP contribution in [0.3, 0.4) is 0 Å². The van der Waals surface area contributed by atoms with E-state index in [1.165, 1.54) is 18.2 Å². The monoisotopic (exact) mass is 436 g/mol. The van der Waals surface area contributed by atoms with Gasteiger partial charge in [0.2, 0.25) is 0 Å². The van der Waals surface area contributed by atoms with Gasteiger partial charge >= 0.3 is 12.4 Å². The molecule has 0 amide bonds. The zero-order chi connectivity index (χ0) is 22.1. The normalized spacial score (nSPS) is 19.9. The van der Waals surface area contributed by atoms with Crippen molar-refractivity contribution in [2.24, 2.45) is 0 Å². The summed E-state index contributed by atoms with van der Waals surface area (Å²) in [6.07, 6.45) is -9.10. The van der Waals surface area contributed by atoms with Crippen molar-refractivity contribution in [3.05, 3.63) is 58.7 Å². The Morgan fingerprint density at radius 3 is 2.03 bits per heavy atom. The first-order valence-corrected chi connectivity index (χ1v) is 8.97. The minimum Gasteiger partial charge on any atom is -0.487 e. The predicted octanol–water partition coefficient (Wildman–Crippen LogP) is 4.00. The Bertz CT molecular complexity index is 894. The topological polar surface area (TPSA) is 58.9 Å². The van der Waals surface area contributed by atoms with Gasteiger partial charge in [-0.15, -0.1) is 0 Å². The number of hydrogen-bond donors (Lipinski definition) is 2. The molecule has 2 atom stereocenters. The average molecular weight is 436 g/mol. The highest BCUT2D eigenvalue weighted by Crippen LogP contribution is 2.40. The highest BCUT2D eigenvalue weighted by atomic mass is 19.4. The van der Waals surface area contributed by atoms with E-state index in [0.717, 1.165) is 18.2 Å². The lowest BCUT2D eigenvalue weighted by Crippen LogP contribution is -2.17. The minimum atomic E-state index is -4.36. The van der Waals surface area contributed by atoms with Gasteiger partial charge in [0.25, 0.3) is 0 Å². The molecule has 10 heteroatoms. The smallest absolute Gasteiger partial charge is 0.416 e. The van der Waals surface area contributed by atoms with E-state index >= 15 is 0 Å². The van der Waals surface area contributed by atoms with Crippen LogP contribution in [0.5, 0.6) is 11.5 Å². The van der Waals surface area contributed by atoms with E-state index in [1.54, 1.807) is 0 Å². The van der Waals surface area contributed by atoms with Crippen molar-refractivity contribution in [1.82, 2.24) is 0 Å². The summed E-state index contributed by atoms with van der Waals surface area (Å²) in [4.78, 5) is 0. The SMILES string of the molecule is OCC1Cc2c(cccc2C(F)(F)F)O1.OCC1Cc2ccc(C(F)(F)F)cc2O1. The summed E-state index contributed by atoms with van der Waals surface area (Å²) < 4.78 is 84.9. The number of rotatable bonds is 2. The summed E-state index contributed by atoms with van der Waals surface area (Å²) in [5.74, 6) is 0.452. The van der Waals surface area contributed by atoms with E-state index < -0.39 is 35.7 Å². The molecule has 0 saturated carbocycles. The Labute approximate surface area is 167 Å². The maximum absolute atomic E-state index is 12.6. The maximum Gasteiger partial charge on any atom is 0.416 e. The summed E-state index contributed by atoms with van der Waals surface area (Å²) in [7, 11) is 0. The van der Waals surface area contributed by atoms with E-state index in [0.29, 0.717) is 12.0 Å². The second kappa shape index (κ2) is 8.35. The van der Waals surface area contributed by atoms with Gasteiger partial charge in [0, 0.05) is 18.4 Å². The summed E-state index contributed by atoms with van der Waals surface area (Å²) in [5, 5.41) is 17.6. The number of fused-ring (bicyclic) bond motifs is 2. The fourth-order valence-electron chi connectivity index (χ4n) is 3.28. The van der Waals surface area contributed by atoms with E-state index in [4.69, 9.17) is 19.7 Å². The first-order valence-electron chi connectivity index (χ1n) is 8.97. The maximum atomic E-state index is 12.6. The van der Waals surface area contributed by atoms with Crippen LogP contribution in [0.1, 0.15) is 22.3 Å². The van der Waals surface area contributed by atoms with Crippen LogP contribution in [-0.2, 0) is 25.2 Å². The van der Waals surface area contributed by atoms with Crippen LogP contribution in [0.2, 0.25) is 0 Å². The van der Waals surface area contributed by atoms with E-state index in [1.807, 2.05) is 0 Å². The van der Waals surface area contributed by atoms with Crippen molar-refractivity contribution < 1.29 is 46.0 Å². The molecule has 2 N–H and O–H groups in total. The molecule has 164 valence electrons. The molecule has 0 saturated heterocycles. The van der Waals surface area contributed by atoms with Gasteiger partial charge in [0.1, 0.15) is 23.7 Å². The van der Waals surface area contributed by atoms with Crippen LogP contribution in [0.15, 0.2) is 36.4 Å². The van der Waals surface area contributed by atoms with Crippen LogP contribution < -0.4 is 9.47 Å². The van der Waals surface area contributed by atoms with Crippen molar-refractivity contribution in [2.75, 3.05) is 13.2 Å². The molecule has 2 aliphatic heterocycles. The lowest BCUT2D eigenvalue weighted by Gasteiger charge is -2.09. The zero-order valence-electron chi connectivity index (χ0n) is 15.4. The molecule has 0 bridgehead atoms. The molecule has 2 aromatic carbocycles. The highest BCUT2D eigenvalue weighted by Gasteiger charge is 2.37. The van der Waals surface area contributed by atoms with Crippen LogP contribution >= 0.6 is 0 Å². The lowest BCUT2D eigenvalue weighted by molar-refractivity contribution is -0.138. The average Bonchev–Trinajstić information content (AvgIpc) is 3.29. The summed E-state index contributed by atoms with van der Waals surface area (Å²) >= 11 is 0. The van der Waals surface area contributed by atoms with Crippen molar-refractivity contribution in [3.8, 4) is 11.5 Å². The van der Waals surface area contributed by atoms with Gasteiger partial charge in [-0.2, -0.15) is 26.3 Å². The van der Waals surface area contributed by atoms with Gasteiger partial charge in [-0.1, -0.05) is 12.1 Å². The molecule has 2 heterocycles. The Hall–Kier alpha value is -2.46. The van der Waals surface area contributed by atoms with Gasteiger partial charge in [0.15, 0.2) is 0 Å². The number of benzene rings is 2. The van der Waals surface area contributed by atoms with Gasteiger partial charge in [-0.3, -0.25) is 0 Å². The molecule has 0 spiro atoms. The Kier molecular flexibility index (Phi) is 6.19. The molecular weight excluding hydrogens is 418 g/mol. The molecule has 2 unspecified atom stereocenters. The number of ether oxygens (including phenoxy) is 2. The fraction of sp³-hybridized carbons (Fsp3) is 0.400. The third-order valence-electron chi connectivity index (χ3n) is 4.71. The molecule has 0 fully saturated rings. The largest absolute Gasteiger partial charge is 0.487 e. The second-order valence-electron chi connectivity index (χ2n) is 6.85. The second-order valence-corrected chi connectivity index (χ2v) is 6.85. The number of aliphatic hydroxyl groups excluding tert-OH is 2. The van der Waals surface area contributed by atoms with Gasteiger partial charge in [-0.05, 0) is 29.8 Å². The summed E-state index contributed by atoms with van der Waals surface area (Å²) in [6.45, 7) is -0.456. The molecule has 0 radical (unpaired) electrons. The quantitative estimate of drug-likeness (QED) is 0.699. The molecule has 4 rings (SSSR count). The molecule has 30 heavy (non-hydrogen) atoms. The van der Waals surface area contributed by atoms with Crippen molar-refractivity contribution >= 4 is 0 Å². The van der Waals surface area contributed by atoms with Crippen molar-refractivity contribution in [1.29, 1.82) is 0 Å². The van der Waals surface area contributed by atoms with E-state index in [9.17, 15) is 26.3 Å². The predicted molar refractivity (Wildman–Crippen MR) is 93.3 cm³/mol. The number of hydrogen-bond acceptors (Lipinski definition) is 4. The Balaban J connectivity index is 0.000000171. The molecule has 0 aliphatic carbocycles. The van der Waals surface area contributed by atoms with Crippen LogP contribution in [0, 0.1) is 0 Å². The molecule has 4 nitrogen and oxygen atoms in total. The van der Waals surface area contributed by atoms with Gasteiger partial charge in [-0.25, -0.2) is 0 Å². The van der Waals surface area contributed by atoms with Crippen LogP contribution in [-0.4, -0.2) is 35.6 Å². The molecule has 0 aromatic heterocycles. The molecule has 2 aliphatic rings. The first-order chi connectivity index (χ1) is 14.0. The Morgan fingerprint density at radius 2 is 1.43 bits per heavy atom. The molecule has 2 aromatic rings. The van der Waals surface area contributed by atoms with Crippen LogP contribution in [0.25, 0.3) is 0 Å². The summed E-state index contributed by atoms with van der Waals surface area (Å²) in [6, 6.07) is 7.23. The lowest BCUT2D eigenvalue weighted by atomic mass is 10.0. The number of alkyl halides is 6. The van der Waals surface area contributed by atoms with Gasteiger partial charge in [0.05, 0.1) is 24.3 Å². The highest BCUT2D eigenvalue weighted by molar-refractivity contribution is 5.45. The zero-order valence-corrected chi connectivity index (χ0v) is 15.4.